The lowest BCUT2D eigenvalue weighted by Gasteiger charge is -2.18. The molecular weight excluding hydrogens is 272 g/mol. The van der Waals surface area contributed by atoms with Crippen molar-refractivity contribution in [2.45, 2.75) is 31.4 Å². The molecule has 0 saturated carbocycles. The van der Waals surface area contributed by atoms with Crippen LogP contribution in [0.15, 0.2) is 29.2 Å². The Labute approximate surface area is 112 Å². The first-order chi connectivity index (χ1) is 8.76. The van der Waals surface area contributed by atoms with Crippen molar-refractivity contribution < 1.29 is 17.2 Å². The summed E-state index contributed by atoms with van der Waals surface area (Å²) in [6.45, 7) is 6.65. The van der Waals surface area contributed by atoms with Crippen LogP contribution in [0.5, 0.6) is 0 Å². The van der Waals surface area contributed by atoms with Crippen LogP contribution in [0.4, 0.5) is 14.5 Å². The Bertz CT molecular complexity index is 515. The molecule has 0 heterocycles. The fourth-order valence-corrected chi connectivity index (χ4v) is 2.37. The van der Waals surface area contributed by atoms with Crippen molar-refractivity contribution in [3.63, 3.8) is 0 Å². The molecule has 0 spiro atoms. The third-order valence-corrected chi connectivity index (χ3v) is 4.62. The van der Waals surface area contributed by atoms with Gasteiger partial charge in [-0.1, -0.05) is 32.9 Å². The summed E-state index contributed by atoms with van der Waals surface area (Å²) in [6.07, 6.45) is 0. The number of halogens is 2. The molecule has 0 bridgehead atoms. The minimum absolute atomic E-state index is 0.232. The Hall–Kier alpha value is -1.17. The molecule has 0 aliphatic carbocycles. The maximum atomic E-state index is 12.6. The predicted octanol–water partition coefficient (Wildman–Crippen LogP) is 3.39. The van der Waals surface area contributed by atoms with Crippen LogP contribution >= 0.6 is 0 Å². The fourth-order valence-electron chi connectivity index (χ4n) is 1.46. The van der Waals surface area contributed by atoms with E-state index < -0.39 is 15.6 Å². The minimum Gasteiger partial charge on any atom is -0.384 e. The number of nitrogens with one attached hydrogen (secondary N) is 1. The monoisotopic (exact) mass is 291 g/mol. The standard InChI is InChI=1S/C13H19F2NO2S/c1-9(2)10(3)8-16-11-6-4-5-7-12(11)19(17,18)13(14)15/h4-7,9-10,13,16H,8H2,1-3H3. The van der Waals surface area contributed by atoms with Gasteiger partial charge in [0, 0.05) is 6.54 Å². The van der Waals surface area contributed by atoms with Crippen molar-refractivity contribution in [1.82, 2.24) is 0 Å². The van der Waals surface area contributed by atoms with Gasteiger partial charge in [0.25, 0.3) is 0 Å². The lowest BCUT2D eigenvalue weighted by molar-refractivity contribution is 0.235. The van der Waals surface area contributed by atoms with Gasteiger partial charge in [0.1, 0.15) is 0 Å². The van der Waals surface area contributed by atoms with Crippen LogP contribution in [0.25, 0.3) is 0 Å². The second-order valence-electron chi connectivity index (χ2n) is 4.90. The van der Waals surface area contributed by atoms with E-state index in [0.717, 1.165) is 0 Å². The van der Waals surface area contributed by atoms with Gasteiger partial charge in [-0.15, -0.1) is 0 Å². The van der Waals surface area contributed by atoms with Crippen LogP contribution < -0.4 is 5.32 Å². The van der Waals surface area contributed by atoms with Gasteiger partial charge in [-0.25, -0.2) is 8.42 Å². The lowest BCUT2D eigenvalue weighted by Crippen LogP contribution is -2.19. The molecule has 0 amide bonds. The smallest absolute Gasteiger partial charge is 0.341 e. The lowest BCUT2D eigenvalue weighted by atomic mass is 9.98. The quantitative estimate of drug-likeness (QED) is 0.874. The number of alkyl halides is 2. The highest BCUT2D eigenvalue weighted by Crippen LogP contribution is 2.26. The summed E-state index contributed by atoms with van der Waals surface area (Å²) < 4.78 is 48.3. The number of benzene rings is 1. The third kappa shape index (κ3) is 3.89. The maximum Gasteiger partial charge on any atom is 0.341 e. The molecule has 3 nitrogen and oxygen atoms in total. The van der Waals surface area contributed by atoms with Crippen LogP contribution in [-0.4, -0.2) is 20.7 Å². The summed E-state index contributed by atoms with van der Waals surface area (Å²) in [4.78, 5) is -0.346. The maximum absolute atomic E-state index is 12.6. The highest BCUT2D eigenvalue weighted by Gasteiger charge is 2.29. The van der Waals surface area contributed by atoms with E-state index in [4.69, 9.17) is 0 Å². The third-order valence-electron chi connectivity index (χ3n) is 3.18. The van der Waals surface area contributed by atoms with Gasteiger partial charge < -0.3 is 5.32 Å². The average Bonchev–Trinajstić information content (AvgIpc) is 2.35. The van der Waals surface area contributed by atoms with Gasteiger partial charge >= 0.3 is 5.76 Å². The molecular formula is C13H19F2NO2S. The van der Waals surface area contributed by atoms with Crippen molar-refractivity contribution in [2.75, 3.05) is 11.9 Å². The Morgan fingerprint density at radius 1 is 1.16 bits per heavy atom. The van der Waals surface area contributed by atoms with Gasteiger partial charge in [0.05, 0.1) is 10.6 Å². The van der Waals surface area contributed by atoms with Crippen molar-refractivity contribution in [1.29, 1.82) is 0 Å². The Morgan fingerprint density at radius 2 is 1.74 bits per heavy atom. The van der Waals surface area contributed by atoms with Crippen molar-refractivity contribution in [2.24, 2.45) is 11.8 Å². The number of para-hydroxylation sites is 1. The van der Waals surface area contributed by atoms with Crippen LogP contribution in [0.1, 0.15) is 20.8 Å². The van der Waals surface area contributed by atoms with Gasteiger partial charge in [0.15, 0.2) is 0 Å². The molecule has 6 heteroatoms. The zero-order valence-electron chi connectivity index (χ0n) is 11.2. The van der Waals surface area contributed by atoms with Gasteiger partial charge in [0.2, 0.25) is 9.84 Å². The molecule has 0 radical (unpaired) electrons. The second-order valence-corrected chi connectivity index (χ2v) is 6.79. The number of rotatable bonds is 6. The van der Waals surface area contributed by atoms with E-state index >= 15 is 0 Å². The summed E-state index contributed by atoms with van der Waals surface area (Å²) in [5.41, 5.74) is 0.232. The van der Waals surface area contributed by atoms with E-state index in [9.17, 15) is 17.2 Å². The largest absolute Gasteiger partial charge is 0.384 e. The van der Waals surface area contributed by atoms with Crippen molar-refractivity contribution in [3.8, 4) is 0 Å². The summed E-state index contributed by atoms with van der Waals surface area (Å²) in [5, 5.41) is 2.94. The molecule has 0 fully saturated rings. The first-order valence-corrected chi connectivity index (χ1v) is 7.66. The molecule has 1 unspecified atom stereocenters. The van der Waals surface area contributed by atoms with E-state index in [1.807, 2.05) is 20.8 Å². The van der Waals surface area contributed by atoms with Crippen molar-refractivity contribution in [3.05, 3.63) is 24.3 Å². The molecule has 1 N–H and O–H groups in total. The zero-order valence-corrected chi connectivity index (χ0v) is 12.0. The van der Waals surface area contributed by atoms with E-state index in [2.05, 4.69) is 5.32 Å². The van der Waals surface area contributed by atoms with Gasteiger partial charge in [-0.3, -0.25) is 0 Å². The Morgan fingerprint density at radius 3 is 2.26 bits per heavy atom. The van der Waals surface area contributed by atoms with Crippen LogP contribution in [0, 0.1) is 11.8 Å². The zero-order chi connectivity index (χ0) is 14.6. The Kier molecular flexibility index (Phi) is 5.29. The number of hydrogen-bond acceptors (Lipinski definition) is 3. The minimum atomic E-state index is -4.57. The van der Waals surface area contributed by atoms with Crippen LogP contribution in [0.3, 0.4) is 0 Å². The molecule has 0 aromatic heterocycles. The van der Waals surface area contributed by atoms with Crippen LogP contribution in [-0.2, 0) is 9.84 Å². The van der Waals surface area contributed by atoms with Crippen molar-refractivity contribution >= 4 is 15.5 Å². The summed E-state index contributed by atoms with van der Waals surface area (Å²) in [6, 6.07) is 5.76. The molecule has 0 aliphatic heterocycles. The van der Waals surface area contributed by atoms with E-state index in [0.29, 0.717) is 18.4 Å². The van der Waals surface area contributed by atoms with Gasteiger partial charge in [-0.05, 0) is 24.0 Å². The van der Waals surface area contributed by atoms with E-state index in [-0.39, 0.29) is 10.6 Å². The molecule has 19 heavy (non-hydrogen) atoms. The number of hydrogen-bond donors (Lipinski definition) is 1. The topological polar surface area (TPSA) is 46.2 Å². The SMILES string of the molecule is CC(C)C(C)CNc1ccccc1S(=O)(=O)C(F)F. The normalized spacial score (nSPS) is 13.8. The number of anilines is 1. The van der Waals surface area contributed by atoms with E-state index in [1.165, 1.54) is 18.2 Å². The Balaban J connectivity index is 2.98. The first-order valence-electron chi connectivity index (χ1n) is 6.11. The summed E-state index contributed by atoms with van der Waals surface area (Å²) >= 11 is 0. The highest BCUT2D eigenvalue weighted by molar-refractivity contribution is 7.91. The first kappa shape index (κ1) is 15.9. The summed E-state index contributed by atoms with van der Waals surface area (Å²) in [5.74, 6) is -2.67. The molecule has 108 valence electrons. The molecule has 0 saturated heterocycles. The summed E-state index contributed by atoms with van der Waals surface area (Å²) in [7, 11) is -4.57. The molecule has 1 atom stereocenters. The molecule has 1 rings (SSSR count). The van der Waals surface area contributed by atoms with Gasteiger partial charge in [-0.2, -0.15) is 8.78 Å². The highest BCUT2D eigenvalue weighted by atomic mass is 32.2. The average molecular weight is 291 g/mol. The van der Waals surface area contributed by atoms with Crippen LogP contribution in [0.2, 0.25) is 0 Å². The number of sulfone groups is 1. The molecule has 1 aromatic rings. The molecule has 1 aromatic carbocycles. The molecule has 0 aliphatic rings. The fraction of sp³-hybridized carbons (Fsp3) is 0.538. The predicted molar refractivity (Wildman–Crippen MR) is 72.1 cm³/mol. The van der Waals surface area contributed by atoms with E-state index in [1.54, 1.807) is 6.07 Å². The second kappa shape index (κ2) is 6.32.